The van der Waals surface area contributed by atoms with Crippen molar-refractivity contribution in [3.8, 4) is 22.9 Å². The number of hydrogen-bond acceptors (Lipinski definition) is 8. The molecule has 1 fully saturated rings. The standard InChI is InChI=1S/C22H24N4O6S/c1-15-23-21(24-32-15)16-4-6-17(7-5-16)22(27)25-10-12-26(13-11-25)33(28,29)18-8-9-19(30-2)20(14-18)31-3/h4-9,14H,10-13H2,1-3H3. The molecule has 0 bridgehead atoms. The van der Waals surface area contributed by atoms with Crippen LogP contribution in [0.3, 0.4) is 0 Å². The maximum Gasteiger partial charge on any atom is 0.253 e. The first-order valence-electron chi connectivity index (χ1n) is 10.3. The molecule has 174 valence electrons. The van der Waals surface area contributed by atoms with E-state index >= 15 is 0 Å². The van der Waals surface area contributed by atoms with E-state index in [4.69, 9.17) is 14.0 Å². The van der Waals surface area contributed by atoms with E-state index in [2.05, 4.69) is 10.1 Å². The topological polar surface area (TPSA) is 115 Å². The maximum atomic E-state index is 13.1. The molecule has 0 radical (unpaired) electrons. The van der Waals surface area contributed by atoms with Crippen LogP contribution in [0, 0.1) is 6.92 Å². The highest BCUT2D eigenvalue weighted by Gasteiger charge is 2.31. The Morgan fingerprint density at radius 1 is 0.970 bits per heavy atom. The average Bonchev–Trinajstić information content (AvgIpc) is 3.29. The first kappa shape index (κ1) is 22.7. The smallest absolute Gasteiger partial charge is 0.253 e. The molecule has 1 saturated heterocycles. The summed E-state index contributed by atoms with van der Waals surface area (Å²) in [5.41, 5.74) is 1.25. The Labute approximate surface area is 191 Å². The Morgan fingerprint density at radius 3 is 2.21 bits per heavy atom. The van der Waals surface area contributed by atoms with Crippen molar-refractivity contribution >= 4 is 15.9 Å². The molecule has 0 N–H and O–H groups in total. The molecule has 1 aromatic heterocycles. The van der Waals surface area contributed by atoms with Gasteiger partial charge in [-0.05, 0) is 24.3 Å². The summed E-state index contributed by atoms with van der Waals surface area (Å²) < 4.78 is 42.9. The van der Waals surface area contributed by atoms with Crippen LogP contribution in [0.2, 0.25) is 0 Å². The third-order valence-corrected chi connectivity index (χ3v) is 7.33. The third-order valence-electron chi connectivity index (χ3n) is 5.44. The fraction of sp³-hybridized carbons (Fsp3) is 0.318. The van der Waals surface area contributed by atoms with E-state index in [1.165, 1.54) is 30.7 Å². The van der Waals surface area contributed by atoms with Gasteiger partial charge in [-0.1, -0.05) is 17.3 Å². The van der Waals surface area contributed by atoms with Crippen LogP contribution in [0.4, 0.5) is 0 Å². The van der Waals surface area contributed by atoms with Crippen LogP contribution in [0.25, 0.3) is 11.4 Å². The maximum absolute atomic E-state index is 13.1. The number of piperazine rings is 1. The Balaban J connectivity index is 1.42. The minimum absolute atomic E-state index is 0.118. The number of benzene rings is 2. The fourth-order valence-electron chi connectivity index (χ4n) is 3.62. The SMILES string of the molecule is COc1ccc(S(=O)(=O)N2CCN(C(=O)c3ccc(-c4noc(C)n4)cc3)CC2)cc1OC. The number of aryl methyl sites for hydroxylation is 1. The molecule has 0 saturated carbocycles. The highest BCUT2D eigenvalue weighted by Crippen LogP contribution is 2.31. The third kappa shape index (κ3) is 4.55. The van der Waals surface area contributed by atoms with Gasteiger partial charge in [0.2, 0.25) is 21.7 Å². The number of nitrogens with zero attached hydrogens (tertiary/aromatic N) is 4. The summed E-state index contributed by atoms with van der Waals surface area (Å²) in [6, 6.07) is 11.4. The van der Waals surface area contributed by atoms with E-state index in [1.54, 1.807) is 42.2 Å². The minimum Gasteiger partial charge on any atom is -0.493 e. The molecule has 1 aliphatic heterocycles. The number of methoxy groups -OCH3 is 2. The van der Waals surface area contributed by atoms with Gasteiger partial charge in [-0.3, -0.25) is 4.79 Å². The van der Waals surface area contributed by atoms with Gasteiger partial charge in [0.15, 0.2) is 11.5 Å². The lowest BCUT2D eigenvalue weighted by molar-refractivity contribution is 0.0698. The number of carbonyl (C=O) groups is 1. The molecule has 2 aromatic carbocycles. The van der Waals surface area contributed by atoms with Crippen molar-refractivity contribution in [1.29, 1.82) is 0 Å². The van der Waals surface area contributed by atoms with Crippen LogP contribution in [0.1, 0.15) is 16.2 Å². The van der Waals surface area contributed by atoms with E-state index in [0.29, 0.717) is 28.8 Å². The summed E-state index contributed by atoms with van der Waals surface area (Å²) >= 11 is 0. The minimum atomic E-state index is -3.73. The molecule has 0 unspecified atom stereocenters. The zero-order chi connectivity index (χ0) is 23.6. The van der Waals surface area contributed by atoms with Crippen LogP contribution < -0.4 is 9.47 Å². The van der Waals surface area contributed by atoms with Crippen molar-refractivity contribution in [2.75, 3.05) is 40.4 Å². The molecule has 0 atom stereocenters. The largest absolute Gasteiger partial charge is 0.493 e. The number of hydrogen-bond donors (Lipinski definition) is 0. The Bertz CT molecular complexity index is 1250. The van der Waals surface area contributed by atoms with Gasteiger partial charge in [-0.15, -0.1) is 0 Å². The monoisotopic (exact) mass is 472 g/mol. The Morgan fingerprint density at radius 2 is 1.64 bits per heavy atom. The molecular formula is C22H24N4O6S. The van der Waals surface area contributed by atoms with E-state index in [1.807, 2.05) is 0 Å². The summed E-state index contributed by atoms with van der Waals surface area (Å²) in [6.07, 6.45) is 0. The summed E-state index contributed by atoms with van der Waals surface area (Å²) in [5, 5.41) is 3.87. The second kappa shape index (κ2) is 9.20. The predicted molar refractivity (Wildman–Crippen MR) is 119 cm³/mol. The molecule has 11 heteroatoms. The lowest BCUT2D eigenvalue weighted by atomic mass is 10.1. The number of aromatic nitrogens is 2. The number of sulfonamides is 1. The zero-order valence-electron chi connectivity index (χ0n) is 18.5. The van der Waals surface area contributed by atoms with E-state index in [9.17, 15) is 13.2 Å². The van der Waals surface area contributed by atoms with Crippen molar-refractivity contribution in [3.63, 3.8) is 0 Å². The van der Waals surface area contributed by atoms with Crippen LogP contribution in [0.5, 0.6) is 11.5 Å². The normalized spacial score (nSPS) is 14.8. The molecule has 2 heterocycles. The first-order valence-corrected chi connectivity index (χ1v) is 11.7. The van der Waals surface area contributed by atoms with E-state index < -0.39 is 10.0 Å². The highest BCUT2D eigenvalue weighted by molar-refractivity contribution is 7.89. The molecule has 4 rings (SSSR count). The molecule has 33 heavy (non-hydrogen) atoms. The summed E-state index contributed by atoms with van der Waals surface area (Å²) in [5.74, 6) is 1.56. The highest BCUT2D eigenvalue weighted by atomic mass is 32.2. The summed E-state index contributed by atoms with van der Waals surface area (Å²) in [6.45, 7) is 2.68. The molecule has 3 aromatic rings. The number of carbonyl (C=O) groups excluding carboxylic acids is 1. The van der Waals surface area contributed by atoms with E-state index in [-0.39, 0.29) is 37.0 Å². The fourth-order valence-corrected chi connectivity index (χ4v) is 5.06. The lowest BCUT2D eigenvalue weighted by Crippen LogP contribution is -2.50. The van der Waals surface area contributed by atoms with Gasteiger partial charge in [0.05, 0.1) is 19.1 Å². The predicted octanol–water partition coefficient (Wildman–Crippen LogP) is 2.21. The number of amides is 1. The summed E-state index contributed by atoms with van der Waals surface area (Å²) in [4.78, 5) is 18.8. The molecule has 0 spiro atoms. The van der Waals surface area contributed by atoms with Gasteiger partial charge in [0.25, 0.3) is 5.91 Å². The van der Waals surface area contributed by atoms with Crippen molar-refractivity contribution in [1.82, 2.24) is 19.3 Å². The average molecular weight is 473 g/mol. The van der Waals surface area contributed by atoms with Crippen LogP contribution >= 0.6 is 0 Å². The summed E-state index contributed by atoms with van der Waals surface area (Å²) in [7, 11) is -0.790. The molecule has 10 nitrogen and oxygen atoms in total. The molecule has 0 aliphatic carbocycles. The first-order chi connectivity index (χ1) is 15.8. The van der Waals surface area contributed by atoms with Gasteiger partial charge in [0.1, 0.15) is 0 Å². The molecule has 1 amide bonds. The van der Waals surface area contributed by atoms with Gasteiger partial charge < -0.3 is 18.9 Å². The second-order valence-corrected chi connectivity index (χ2v) is 9.37. The van der Waals surface area contributed by atoms with Crippen LogP contribution in [-0.4, -0.2) is 74.1 Å². The van der Waals surface area contributed by atoms with Crippen LogP contribution in [-0.2, 0) is 10.0 Å². The van der Waals surface area contributed by atoms with Crippen molar-refractivity contribution < 1.29 is 27.2 Å². The second-order valence-electron chi connectivity index (χ2n) is 7.43. The Kier molecular flexibility index (Phi) is 6.34. The van der Waals surface area contributed by atoms with Crippen molar-refractivity contribution in [2.45, 2.75) is 11.8 Å². The van der Waals surface area contributed by atoms with Crippen molar-refractivity contribution in [2.24, 2.45) is 0 Å². The Hall–Kier alpha value is -3.44. The molecule has 1 aliphatic rings. The number of rotatable bonds is 6. The van der Waals surface area contributed by atoms with Gasteiger partial charge >= 0.3 is 0 Å². The van der Waals surface area contributed by atoms with Gasteiger partial charge in [-0.25, -0.2) is 8.42 Å². The zero-order valence-corrected chi connectivity index (χ0v) is 19.3. The van der Waals surface area contributed by atoms with E-state index in [0.717, 1.165) is 5.56 Å². The number of ether oxygens (including phenoxy) is 2. The van der Waals surface area contributed by atoms with Crippen LogP contribution in [0.15, 0.2) is 51.9 Å². The molecular weight excluding hydrogens is 448 g/mol. The quantitative estimate of drug-likeness (QED) is 0.536. The lowest BCUT2D eigenvalue weighted by Gasteiger charge is -2.34. The van der Waals surface area contributed by atoms with Crippen molar-refractivity contribution in [3.05, 3.63) is 53.9 Å². The van der Waals surface area contributed by atoms with Gasteiger partial charge in [-0.2, -0.15) is 9.29 Å². The van der Waals surface area contributed by atoms with Gasteiger partial charge in [0, 0.05) is 50.3 Å².